The third-order valence-corrected chi connectivity index (χ3v) is 2.96. The second kappa shape index (κ2) is 6.83. The molecule has 1 N–H and O–H groups in total. The number of benzene rings is 1. The molecule has 0 aliphatic rings. The molecule has 0 aliphatic heterocycles. The molecule has 0 amide bonds. The van der Waals surface area contributed by atoms with Gasteiger partial charge in [0, 0.05) is 6.04 Å². The molecule has 1 atom stereocenters. The molecule has 0 aromatic heterocycles. The summed E-state index contributed by atoms with van der Waals surface area (Å²) >= 11 is 0. The van der Waals surface area contributed by atoms with Gasteiger partial charge < -0.3 is 5.11 Å². The third-order valence-electron chi connectivity index (χ3n) is 2.96. The van der Waals surface area contributed by atoms with Crippen LogP contribution in [0.4, 0.5) is 0 Å². The number of nitrogens with zero attached hydrogens (tertiary/aromatic N) is 1. The van der Waals surface area contributed by atoms with Gasteiger partial charge in [-0.05, 0) is 45.0 Å². The van der Waals surface area contributed by atoms with Crippen molar-refractivity contribution in [3.8, 4) is 11.8 Å². The molecule has 0 fully saturated rings. The fourth-order valence-corrected chi connectivity index (χ4v) is 1.69. The second-order valence-corrected chi connectivity index (χ2v) is 4.40. The van der Waals surface area contributed by atoms with Crippen LogP contribution in [-0.4, -0.2) is 35.6 Å². The molecule has 3 nitrogen and oxygen atoms in total. The Morgan fingerprint density at radius 2 is 2.22 bits per heavy atom. The van der Waals surface area contributed by atoms with Crippen LogP contribution >= 0.6 is 0 Å². The minimum absolute atomic E-state index is 0.329. The van der Waals surface area contributed by atoms with E-state index in [0.29, 0.717) is 11.6 Å². The largest absolute Gasteiger partial charge is 0.478 e. The highest BCUT2D eigenvalue weighted by Gasteiger charge is 2.10. The van der Waals surface area contributed by atoms with E-state index in [1.165, 1.54) is 0 Å². The van der Waals surface area contributed by atoms with Crippen molar-refractivity contribution in [3.63, 3.8) is 0 Å². The lowest BCUT2D eigenvalue weighted by Crippen LogP contribution is -2.31. The molecule has 0 bridgehead atoms. The molecule has 96 valence electrons. The van der Waals surface area contributed by atoms with Gasteiger partial charge in [-0.3, -0.25) is 4.90 Å². The number of aromatic carboxylic acids is 1. The summed E-state index contributed by atoms with van der Waals surface area (Å²) in [5, 5.41) is 8.94. The summed E-state index contributed by atoms with van der Waals surface area (Å²) in [5.74, 6) is 5.02. The SMILES string of the molecule is CC#CCN(C)[C@H](C)Cc1cccc(C(=O)O)c1. The van der Waals surface area contributed by atoms with Crippen molar-refractivity contribution < 1.29 is 9.90 Å². The van der Waals surface area contributed by atoms with E-state index in [4.69, 9.17) is 5.11 Å². The average Bonchev–Trinajstić information content (AvgIpc) is 2.36. The number of carboxylic acids is 1. The van der Waals surface area contributed by atoms with Crippen LogP contribution in [0.1, 0.15) is 29.8 Å². The van der Waals surface area contributed by atoms with Gasteiger partial charge in [0.05, 0.1) is 12.1 Å². The molecule has 0 spiro atoms. The lowest BCUT2D eigenvalue weighted by atomic mass is 10.0. The van der Waals surface area contributed by atoms with Gasteiger partial charge in [0.15, 0.2) is 0 Å². The third kappa shape index (κ3) is 4.23. The number of carboxylic acid groups (broad SMARTS) is 1. The molecular weight excluding hydrogens is 226 g/mol. The summed E-state index contributed by atoms with van der Waals surface area (Å²) in [5.41, 5.74) is 1.38. The van der Waals surface area contributed by atoms with E-state index >= 15 is 0 Å². The summed E-state index contributed by atoms with van der Waals surface area (Å²) in [6, 6.07) is 7.43. The molecule has 18 heavy (non-hydrogen) atoms. The molecule has 0 saturated heterocycles. The summed E-state index contributed by atoms with van der Waals surface area (Å²) < 4.78 is 0. The van der Waals surface area contributed by atoms with Crippen molar-refractivity contribution >= 4 is 5.97 Å². The Morgan fingerprint density at radius 1 is 1.50 bits per heavy atom. The highest BCUT2D eigenvalue weighted by atomic mass is 16.4. The molecule has 0 radical (unpaired) electrons. The molecule has 0 aliphatic carbocycles. The van der Waals surface area contributed by atoms with Gasteiger partial charge in [0.1, 0.15) is 0 Å². The minimum Gasteiger partial charge on any atom is -0.478 e. The Kier molecular flexibility index (Phi) is 5.41. The summed E-state index contributed by atoms with van der Waals surface area (Å²) in [4.78, 5) is 13.0. The van der Waals surface area contributed by atoms with Gasteiger partial charge in [-0.1, -0.05) is 18.1 Å². The number of likely N-dealkylation sites (N-methyl/N-ethyl adjacent to an activating group) is 1. The van der Waals surface area contributed by atoms with Crippen molar-refractivity contribution in [1.82, 2.24) is 4.90 Å². The van der Waals surface area contributed by atoms with Crippen LogP contribution in [0.5, 0.6) is 0 Å². The van der Waals surface area contributed by atoms with Crippen LogP contribution in [0.15, 0.2) is 24.3 Å². The first-order valence-electron chi connectivity index (χ1n) is 5.96. The maximum absolute atomic E-state index is 10.9. The summed E-state index contributed by atoms with van der Waals surface area (Å²) in [6.45, 7) is 4.68. The van der Waals surface area contributed by atoms with Crippen LogP contribution in [0.25, 0.3) is 0 Å². The van der Waals surface area contributed by atoms with E-state index in [2.05, 4.69) is 23.7 Å². The van der Waals surface area contributed by atoms with Crippen LogP contribution < -0.4 is 0 Å². The topological polar surface area (TPSA) is 40.5 Å². The van der Waals surface area contributed by atoms with Crippen LogP contribution in [-0.2, 0) is 6.42 Å². The predicted molar refractivity (Wildman–Crippen MR) is 72.6 cm³/mol. The van der Waals surface area contributed by atoms with Crippen LogP contribution in [0.2, 0.25) is 0 Å². The normalized spacial score (nSPS) is 11.8. The predicted octanol–water partition coefficient (Wildman–Crippen LogP) is 2.27. The second-order valence-electron chi connectivity index (χ2n) is 4.40. The first kappa shape index (κ1) is 14.3. The zero-order valence-corrected chi connectivity index (χ0v) is 11.1. The number of hydrogen-bond acceptors (Lipinski definition) is 2. The van der Waals surface area contributed by atoms with E-state index in [-0.39, 0.29) is 0 Å². The molecule has 1 aromatic rings. The summed E-state index contributed by atoms with van der Waals surface area (Å²) in [7, 11) is 2.02. The van der Waals surface area contributed by atoms with Crippen LogP contribution in [0.3, 0.4) is 0 Å². The Labute approximate surface area is 108 Å². The van der Waals surface area contributed by atoms with Gasteiger partial charge >= 0.3 is 5.97 Å². The quantitative estimate of drug-likeness (QED) is 0.809. The van der Waals surface area contributed by atoms with Gasteiger partial charge in [0.25, 0.3) is 0 Å². The smallest absolute Gasteiger partial charge is 0.335 e. The van der Waals surface area contributed by atoms with Gasteiger partial charge in [-0.2, -0.15) is 0 Å². The van der Waals surface area contributed by atoms with Gasteiger partial charge in [-0.25, -0.2) is 4.79 Å². The van der Waals surface area contributed by atoms with E-state index < -0.39 is 5.97 Å². The number of rotatable bonds is 5. The molecule has 0 heterocycles. The van der Waals surface area contributed by atoms with E-state index in [0.717, 1.165) is 18.5 Å². The highest BCUT2D eigenvalue weighted by molar-refractivity contribution is 5.87. The Balaban J connectivity index is 2.68. The highest BCUT2D eigenvalue weighted by Crippen LogP contribution is 2.10. The Morgan fingerprint density at radius 3 is 2.83 bits per heavy atom. The van der Waals surface area contributed by atoms with E-state index in [1.54, 1.807) is 18.2 Å². The van der Waals surface area contributed by atoms with E-state index in [1.807, 2.05) is 20.0 Å². The molecule has 0 saturated carbocycles. The molecule has 3 heteroatoms. The zero-order chi connectivity index (χ0) is 13.5. The molecule has 0 unspecified atom stereocenters. The number of hydrogen-bond donors (Lipinski definition) is 1. The van der Waals surface area contributed by atoms with Crippen molar-refractivity contribution in [1.29, 1.82) is 0 Å². The maximum atomic E-state index is 10.9. The summed E-state index contributed by atoms with van der Waals surface area (Å²) in [6.07, 6.45) is 0.822. The Bertz CT molecular complexity index is 471. The van der Waals surface area contributed by atoms with Crippen molar-refractivity contribution in [3.05, 3.63) is 35.4 Å². The number of carbonyl (C=O) groups is 1. The maximum Gasteiger partial charge on any atom is 0.335 e. The molecule has 1 rings (SSSR count). The first-order valence-corrected chi connectivity index (χ1v) is 5.96. The zero-order valence-electron chi connectivity index (χ0n) is 11.1. The van der Waals surface area contributed by atoms with Crippen LogP contribution in [0, 0.1) is 11.8 Å². The lowest BCUT2D eigenvalue weighted by molar-refractivity contribution is 0.0696. The van der Waals surface area contributed by atoms with E-state index in [9.17, 15) is 4.79 Å². The van der Waals surface area contributed by atoms with Gasteiger partial charge in [-0.15, -0.1) is 5.92 Å². The van der Waals surface area contributed by atoms with Crippen molar-refractivity contribution in [2.75, 3.05) is 13.6 Å². The van der Waals surface area contributed by atoms with Gasteiger partial charge in [0.2, 0.25) is 0 Å². The average molecular weight is 245 g/mol. The molecular formula is C15H19NO2. The monoisotopic (exact) mass is 245 g/mol. The fraction of sp³-hybridized carbons (Fsp3) is 0.400. The standard InChI is InChI=1S/C15H19NO2/c1-4-5-9-16(3)12(2)10-13-7-6-8-14(11-13)15(17)18/h6-8,11-12H,9-10H2,1-3H3,(H,17,18)/t12-/m1/s1. The first-order chi connectivity index (χ1) is 8.54. The fourth-order valence-electron chi connectivity index (χ4n) is 1.69. The van der Waals surface area contributed by atoms with Crippen molar-refractivity contribution in [2.45, 2.75) is 26.3 Å². The lowest BCUT2D eigenvalue weighted by Gasteiger charge is -2.22. The van der Waals surface area contributed by atoms with Crippen molar-refractivity contribution in [2.24, 2.45) is 0 Å². The minimum atomic E-state index is -0.880. The Hall–Kier alpha value is -1.79. The molecule has 1 aromatic carbocycles.